The van der Waals surface area contributed by atoms with E-state index >= 15 is 0 Å². The molecule has 0 saturated heterocycles. The standard InChI is InChI=1S/C18H20ClNO/c1-18(2,3)16-13-9-14(19)11-7-5-6-8-12(11)17(13)21-15(16)10-20-4/h5-9,20H,10H2,1-4H3. The van der Waals surface area contributed by atoms with Crippen molar-refractivity contribution in [1.29, 1.82) is 0 Å². The van der Waals surface area contributed by atoms with Gasteiger partial charge in [0.1, 0.15) is 11.3 Å². The number of hydrogen-bond acceptors (Lipinski definition) is 2. The summed E-state index contributed by atoms with van der Waals surface area (Å²) in [4.78, 5) is 0. The molecular weight excluding hydrogens is 282 g/mol. The first-order valence-corrected chi connectivity index (χ1v) is 7.59. The number of halogens is 1. The highest BCUT2D eigenvalue weighted by molar-refractivity contribution is 6.37. The van der Waals surface area contributed by atoms with Crippen LogP contribution in [-0.4, -0.2) is 7.05 Å². The molecule has 0 aliphatic carbocycles. The zero-order chi connectivity index (χ0) is 15.2. The maximum absolute atomic E-state index is 6.49. The molecule has 21 heavy (non-hydrogen) atoms. The van der Waals surface area contributed by atoms with Gasteiger partial charge in [0.25, 0.3) is 0 Å². The molecule has 0 saturated carbocycles. The highest BCUT2D eigenvalue weighted by atomic mass is 35.5. The lowest BCUT2D eigenvalue weighted by Gasteiger charge is -2.19. The minimum Gasteiger partial charge on any atom is -0.459 e. The van der Waals surface area contributed by atoms with Gasteiger partial charge < -0.3 is 9.73 Å². The first-order chi connectivity index (χ1) is 9.93. The molecule has 0 spiro atoms. The number of benzene rings is 2. The molecule has 3 heteroatoms. The van der Waals surface area contributed by atoms with Gasteiger partial charge in [-0.15, -0.1) is 0 Å². The first kappa shape index (κ1) is 14.4. The van der Waals surface area contributed by atoms with Gasteiger partial charge in [-0.25, -0.2) is 0 Å². The number of rotatable bonds is 2. The van der Waals surface area contributed by atoms with Gasteiger partial charge >= 0.3 is 0 Å². The van der Waals surface area contributed by atoms with Crippen LogP contribution in [-0.2, 0) is 12.0 Å². The van der Waals surface area contributed by atoms with Crippen molar-refractivity contribution in [3.63, 3.8) is 0 Å². The number of furan rings is 1. The quantitative estimate of drug-likeness (QED) is 0.699. The summed E-state index contributed by atoms with van der Waals surface area (Å²) < 4.78 is 6.21. The van der Waals surface area contributed by atoms with E-state index in [1.807, 2.05) is 31.3 Å². The third kappa shape index (κ3) is 2.33. The van der Waals surface area contributed by atoms with Crippen LogP contribution in [0.3, 0.4) is 0 Å². The Morgan fingerprint density at radius 3 is 2.38 bits per heavy atom. The summed E-state index contributed by atoms with van der Waals surface area (Å²) in [5.74, 6) is 0.993. The normalized spacial score (nSPS) is 12.4. The van der Waals surface area contributed by atoms with E-state index in [9.17, 15) is 0 Å². The Hall–Kier alpha value is -1.51. The van der Waals surface area contributed by atoms with Gasteiger partial charge in [0.05, 0.1) is 6.54 Å². The number of nitrogens with one attached hydrogen (secondary N) is 1. The Morgan fingerprint density at radius 2 is 1.76 bits per heavy atom. The molecule has 3 aromatic rings. The Morgan fingerprint density at radius 1 is 1.10 bits per heavy atom. The lowest BCUT2D eigenvalue weighted by molar-refractivity contribution is 0.496. The Balaban J connectivity index is 2.47. The summed E-state index contributed by atoms with van der Waals surface area (Å²) in [6.45, 7) is 7.34. The molecule has 110 valence electrons. The molecule has 2 aromatic carbocycles. The molecule has 0 aliphatic rings. The predicted molar refractivity (Wildman–Crippen MR) is 90.2 cm³/mol. The van der Waals surface area contributed by atoms with Gasteiger partial charge in [-0.3, -0.25) is 0 Å². The van der Waals surface area contributed by atoms with E-state index < -0.39 is 0 Å². The third-order valence-electron chi connectivity index (χ3n) is 3.81. The Bertz CT molecular complexity index is 811. The van der Waals surface area contributed by atoms with Crippen LogP contribution >= 0.6 is 11.6 Å². The zero-order valence-electron chi connectivity index (χ0n) is 12.9. The van der Waals surface area contributed by atoms with Crippen molar-refractivity contribution < 1.29 is 4.42 Å². The van der Waals surface area contributed by atoms with E-state index in [0.29, 0.717) is 6.54 Å². The maximum atomic E-state index is 6.49. The van der Waals surface area contributed by atoms with E-state index in [1.54, 1.807) is 0 Å². The first-order valence-electron chi connectivity index (χ1n) is 7.21. The Labute approximate surface area is 130 Å². The summed E-state index contributed by atoms with van der Waals surface area (Å²) in [6.07, 6.45) is 0. The van der Waals surface area contributed by atoms with Crippen LogP contribution in [0.5, 0.6) is 0 Å². The molecule has 0 amide bonds. The fourth-order valence-electron chi connectivity index (χ4n) is 3.03. The number of fused-ring (bicyclic) bond motifs is 3. The molecule has 0 aliphatic heterocycles. The van der Waals surface area contributed by atoms with E-state index in [4.69, 9.17) is 16.0 Å². The fraction of sp³-hybridized carbons (Fsp3) is 0.333. The summed E-state index contributed by atoms with van der Waals surface area (Å²) in [5, 5.41) is 7.21. The van der Waals surface area contributed by atoms with Crippen molar-refractivity contribution in [3.8, 4) is 0 Å². The van der Waals surface area contributed by atoms with Crippen molar-refractivity contribution in [2.75, 3.05) is 7.05 Å². The van der Waals surface area contributed by atoms with Crippen LogP contribution in [0.25, 0.3) is 21.7 Å². The molecule has 0 radical (unpaired) electrons. The molecule has 2 nitrogen and oxygen atoms in total. The monoisotopic (exact) mass is 301 g/mol. The average molecular weight is 302 g/mol. The molecule has 0 fully saturated rings. The second kappa shape index (κ2) is 5.04. The average Bonchev–Trinajstić information content (AvgIpc) is 2.78. The van der Waals surface area contributed by atoms with Crippen molar-refractivity contribution in [3.05, 3.63) is 46.7 Å². The summed E-state index contributed by atoms with van der Waals surface area (Å²) in [7, 11) is 1.94. The van der Waals surface area contributed by atoms with E-state index in [0.717, 1.165) is 32.5 Å². The van der Waals surface area contributed by atoms with E-state index in [2.05, 4.69) is 32.2 Å². The van der Waals surface area contributed by atoms with Crippen LogP contribution in [0.15, 0.2) is 34.7 Å². The van der Waals surface area contributed by atoms with Gasteiger partial charge in [0.15, 0.2) is 0 Å². The smallest absolute Gasteiger partial charge is 0.142 e. The summed E-state index contributed by atoms with van der Waals surface area (Å²) in [6, 6.07) is 10.2. The topological polar surface area (TPSA) is 25.2 Å². The molecular formula is C18H20ClNO. The number of hydrogen-bond donors (Lipinski definition) is 1. The maximum Gasteiger partial charge on any atom is 0.142 e. The van der Waals surface area contributed by atoms with Crippen LogP contribution in [0.1, 0.15) is 32.1 Å². The van der Waals surface area contributed by atoms with Crippen molar-refractivity contribution in [1.82, 2.24) is 5.32 Å². The lowest BCUT2D eigenvalue weighted by Crippen LogP contribution is -2.15. The van der Waals surface area contributed by atoms with Crippen molar-refractivity contribution in [2.45, 2.75) is 32.7 Å². The molecule has 1 aromatic heterocycles. The van der Waals surface area contributed by atoms with Crippen molar-refractivity contribution in [2.24, 2.45) is 0 Å². The van der Waals surface area contributed by atoms with Crippen molar-refractivity contribution >= 4 is 33.3 Å². The third-order valence-corrected chi connectivity index (χ3v) is 4.12. The van der Waals surface area contributed by atoms with Crippen LogP contribution < -0.4 is 5.32 Å². The second-order valence-electron chi connectivity index (χ2n) is 6.46. The molecule has 1 N–H and O–H groups in total. The van der Waals surface area contributed by atoms with E-state index in [1.165, 1.54) is 5.56 Å². The SMILES string of the molecule is CNCc1oc2c(cc(Cl)c3ccccc32)c1C(C)(C)C. The minimum atomic E-state index is 0.00319. The van der Waals surface area contributed by atoms with Crippen LogP contribution in [0.4, 0.5) is 0 Å². The minimum absolute atomic E-state index is 0.00319. The second-order valence-corrected chi connectivity index (χ2v) is 6.87. The highest BCUT2D eigenvalue weighted by Gasteiger charge is 2.26. The van der Waals surface area contributed by atoms with Gasteiger partial charge in [-0.1, -0.05) is 56.6 Å². The van der Waals surface area contributed by atoms with Gasteiger partial charge in [0.2, 0.25) is 0 Å². The van der Waals surface area contributed by atoms with Gasteiger partial charge in [0, 0.05) is 26.7 Å². The lowest BCUT2D eigenvalue weighted by atomic mass is 9.84. The molecule has 0 atom stereocenters. The fourth-order valence-corrected chi connectivity index (χ4v) is 3.31. The largest absolute Gasteiger partial charge is 0.459 e. The van der Waals surface area contributed by atoms with Gasteiger partial charge in [-0.2, -0.15) is 0 Å². The van der Waals surface area contributed by atoms with Crippen LogP contribution in [0.2, 0.25) is 5.02 Å². The highest BCUT2D eigenvalue weighted by Crippen LogP contribution is 2.41. The molecule has 3 rings (SSSR count). The van der Waals surface area contributed by atoms with E-state index in [-0.39, 0.29) is 5.41 Å². The Kier molecular flexibility index (Phi) is 3.46. The predicted octanol–water partition coefficient (Wildman–Crippen LogP) is 5.26. The molecule has 0 bridgehead atoms. The zero-order valence-corrected chi connectivity index (χ0v) is 13.6. The van der Waals surface area contributed by atoms with Crippen LogP contribution in [0, 0.1) is 0 Å². The molecule has 0 unspecified atom stereocenters. The van der Waals surface area contributed by atoms with Gasteiger partial charge in [-0.05, 0) is 18.5 Å². The molecule has 1 heterocycles. The summed E-state index contributed by atoms with van der Waals surface area (Å²) >= 11 is 6.49. The summed E-state index contributed by atoms with van der Waals surface area (Å²) in [5.41, 5.74) is 2.17.